The van der Waals surface area contributed by atoms with Crippen LogP contribution in [-0.4, -0.2) is 16.8 Å². The van der Waals surface area contributed by atoms with Gasteiger partial charge in [-0.2, -0.15) is 0 Å². The lowest BCUT2D eigenvalue weighted by Gasteiger charge is -2.05. The SMILES string of the molecule is Br.CCCC(=O)Nc1ccc(-c2csc(NNC(C)=O)n2)cc1. The largest absolute Gasteiger partial charge is 0.326 e. The van der Waals surface area contributed by atoms with Crippen LogP contribution in [0.5, 0.6) is 0 Å². The third-order valence-electron chi connectivity index (χ3n) is 2.79. The van der Waals surface area contributed by atoms with Crippen molar-refractivity contribution in [3.63, 3.8) is 0 Å². The first kappa shape index (κ1) is 19.1. The van der Waals surface area contributed by atoms with Crippen LogP contribution in [0.15, 0.2) is 29.6 Å². The minimum Gasteiger partial charge on any atom is -0.326 e. The third kappa shape index (κ3) is 5.99. The molecule has 3 N–H and O–H groups in total. The van der Waals surface area contributed by atoms with Gasteiger partial charge in [0.05, 0.1) is 5.69 Å². The Morgan fingerprint density at radius 1 is 1.22 bits per heavy atom. The second kappa shape index (κ2) is 9.26. The van der Waals surface area contributed by atoms with Crippen LogP contribution in [0.2, 0.25) is 0 Å². The Labute approximate surface area is 149 Å². The number of anilines is 2. The van der Waals surface area contributed by atoms with E-state index in [0.717, 1.165) is 23.4 Å². The number of benzene rings is 1. The molecule has 1 aromatic heterocycles. The summed E-state index contributed by atoms with van der Waals surface area (Å²) in [6.07, 6.45) is 1.35. The molecule has 0 atom stereocenters. The third-order valence-corrected chi connectivity index (χ3v) is 3.55. The first-order chi connectivity index (χ1) is 10.6. The molecular formula is C15H19BrN4O2S. The number of hydrazine groups is 1. The molecule has 0 aliphatic heterocycles. The number of halogens is 1. The second-order valence-electron chi connectivity index (χ2n) is 4.72. The van der Waals surface area contributed by atoms with Gasteiger partial charge in [0.1, 0.15) is 0 Å². The van der Waals surface area contributed by atoms with Gasteiger partial charge in [-0.25, -0.2) is 4.98 Å². The van der Waals surface area contributed by atoms with Crippen LogP contribution in [0.1, 0.15) is 26.7 Å². The van der Waals surface area contributed by atoms with E-state index in [1.54, 1.807) is 0 Å². The van der Waals surface area contributed by atoms with Gasteiger partial charge < -0.3 is 5.32 Å². The number of carbonyl (C=O) groups is 2. The van der Waals surface area contributed by atoms with Gasteiger partial charge in [-0.1, -0.05) is 19.1 Å². The van der Waals surface area contributed by atoms with Crippen molar-refractivity contribution in [3.8, 4) is 11.3 Å². The van der Waals surface area contributed by atoms with Crippen LogP contribution in [-0.2, 0) is 9.59 Å². The van der Waals surface area contributed by atoms with Crippen LogP contribution in [0.4, 0.5) is 10.8 Å². The average molecular weight is 399 g/mol. The van der Waals surface area contributed by atoms with Gasteiger partial charge in [0.15, 0.2) is 0 Å². The number of thiazole rings is 1. The zero-order valence-corrected chi connectivity index (χ0v) is 15.4. The Morgan fingerprint density at radius 2 is 1.91 bits per heavy atom. The average Bonchev–Trinajstić information content (AvgIpc) is 2.95. The molecule has 1 heterocycles. The van der Waals surface area contributed by atoms with Crippen molar-refractivity contribution in [2.45, 2.75) is 26.7 Å². The predicted molar refractivity (Wildman–Crippen MR) is 98.8 cm³/mol. The van der Waals surface area contributed by atoms with Gasteiger partial charge in [-0.05, 0) is 18.6 Å². The Bertz CT molecular complexity index is 658. The molecule has 0 radical (unpaired) electrons. The lowest BCUT2D eigenvalue weighted by atomic mass is 10.1. The fourth-order valence-corrected chi connectivity index (χ4v) is 2.45. The number of amides is 2. The van der Waals surface area contributed by atoms with Crippen molar-refractivity contribution < 1.29 is 9.59 Å². The molecule has 0 saturated heterocycles. The van der Waals surface area contributed by atoms with Crippen molar-refractivity contribution in [3.05, 3.63) is 29.6 Å². The highest BCUT2D eigenvalue weighted by Gasteiger charge is 2.06. The lowest BCUT2D eigenvalue weighted by molar-refractivity contribution is -0.118. The zero-order chi connectivity index (χ0) is 15.9. The number of nitrogens with one attached hydrogen (secondary N) is 3. The van der Waals surface area contributed by atoms with E-state index < -0.39 is 0 Å². The molecule has 2 aromatic rings. The summed E-state index contributed by atoms with van der Waals surface area (Å²) in [5.41, 5.74) is 7.74. The summed E-state index contributed by atoms with van der Waals surface area (Å²) in [6, 6.07) is 7.50. The number of hydrogen-bond donors (Lipinski definition) is 3. The highest BCUT2D eigenvalue weighted by molar-refractivity contribution is 8.93. The molecule has 23 heavy (non-hydrogen) atoms. The predicted octanol–water partition coefficient (Wildman–Crippen LogP) is 3.59. The molecule has 0 aliphatic rings. The zero-order valence-electron chi connectivity index (χ0n) is 12.9. The van der Waals surface area contributed by atoms with Crippen molar-refractivity contribution in [2.75, 3.05) is 10.7 Å². The van der Waals surface area contributed by atoms with Gasteiger partial charge in [-0.3, -0.25) is 20.4 Å². The molecule has 0 saturated carbocycles. The second-order valence-corrected chi connectivity index (χ2v) is 5.58. The Hall–Kier alpha value is -1.93. The highest BCUT2D eigenvalue weighted by Crippen LogP contribution is 2.25. The van der Waals surface area contributed by atoms with E-state index in [1.165, 1.54) is 18.3 Å². The summed E-state index contributed by atoms with van der Waals surface area (Å²) in [6.45, 7) is 3.39. The fraction of sp³-hybridized carbons (Fsp3) is 0.267. The molecule has 8 heteroatoms. The number of aromatic nitrogens is 1. The van der Waals surface area contributed by atoms with Gasteiger partial charge in [0.25, 0.3) is 0 Å². The van der Waals surface area contributed by atoms with Crippen LogP contribution in [0.3, 0.4) is 0 Å². The summed E-state index contributed by atoms with van der Waals surface area (Å²) in [4.78, 5) is 26.7. The molecular weight excluding hydrogens is 380 g/mol. The summed E-state index contributed by atoms with van der Waals surface area (Å²) >= 11 is 1.40. The fourth-order valence-electron chi connectivity index (χ4n) is 1.78. The maximum atomic E-state index is 11.5. The smallest absolute Gasteiger partial charge is 0.235 e. The van der Waals surface area contributed by atoms with Crippen molar-refractivity contribution in [1.82, 2.24) is 10.4 Å². The molecule has 0 spiro atoms. The first-order valence-electron chi connectivity index (χ1n) is 6.97. The Morgan fingerprint density at radius 3 is 2.52 bits per heavy atom. The minimum atomic E-state index is -0.177. The van der Waals surface area contributed by atoms with Crippen molar-refractivity contribution >= 4 is 51.0 Å². The Balaban J connectivity index is 0.00000264. The highest BCUT2D eigenvalue weighted by atomic mass is 79.9. The number of carbonyl (C=O) groups excluding carboxylic acids is 2. The van der Waals surface area contributed by atoms with Crippen LogP contribution >= 0.6 is 28.3 Å². The molecule has 2 amide bonds. The standard InChI is InChI=1S/C15H18N4O2S.BrH/c1-3-4-14(21)16-12-7-5-11(6-8-12)13-9-22-15(17-13)19-18-10(2)20;/h5-9H,3-4H2,1-2H3,(H,16,21)(H,17,19)(H,18,20);1H. The Kier molecular flexibility index (Phi) is 7.70. The van der Waals surface area contributed by atoms with Crippen molar-refractivity contribution in [2.24, 2.45) is 0 Å². The number of rotatable bonds is 6. The van der Waals surface area contributed by atoms with Crippen LogP contribution < -0.4 is 16.2 Å². The van der Waals surface area contributed by atoms with E-state index in [0.29, 0.717) is 11.6 Å². The molecule has 2 rings (SSSR count). The molecule has 0 bridgehead atoms. The summed E-state index contributed by atoms with van der Waals surface area (Å²) in [5.74, 6) is -0.158. The van der Waals surface area contributed by atoms with Crippen LogP contribution in [0.25, 0.3) is 11.3 Å². The minimum absolute atomic E-state index is 0. The van der Waals surface area contributed by atoms with Crippen LogP contribution in [0, 0.1) is 0 Å². The number of nitrogens with zero attached hydrogens (tertiary/aromatic N) is 1. The quantitative estimate of drug-likeness (QED) is 0.649. The van der Waals surface area contributed by atoms with E-state index in [9.17, 15) is 9.59 Å². The van der Waals surface area contributed by atoms with E-state index in [1.807, 2.05) is 36.6 Å². The summed E-state index contributed by atoms with van der Waals surface area (Å²) in [5, 5.41) is 5.36. The van der Waals surface area contributed by atoms with Gasteiger partial charge in [-0.15, -0.1) is 28.3 Å². The molecule has 1 aromatic carbocycles. The molecule has 124 valence electrons. The topological polar surface area (TPSA) is 83.1 Å². The summed E-state index contributed by atoms with van der Waals surface area (Å²) < 4.78 is 0. The molecule has 0 unspecified atom stereocenters. The molecule has 6 nitrogen and oxygen atoms in total. The maximum absolute atomic E-state index is 11.5. The molecule has 0 aliphatic carbocycles. The molecule has 0 fully saturated rings. The lowest BCUT2D eigenvalue weighted by Crippen LogP contribution is -2.26. The van der Waals surface area contributed by atoms with E-state index in [-0.39, 0.29) is 28.8 Å². The summed E-state index contributed by atoms with van der Waals surface area (Å²) in [7, 11) is 0. The normalized spacial score (nSPS) is 9.65. The van der Waals surface area contributed by atoms with E-state index >= 15 is 0 Å². The number of hydrogen-bond acceptors (Lipinski definition) is 5. The van der Waals surface area contributed by atoms with E-state index in [4.69, 9.17) is 0 Å². The maximum Gasteiger partial charge on any atom is 0.235 e. The van der Waals surface area contributed by atoms with Gasteiger partial charge in [0.2, 0.25) is 16.9 Å². The van der Waals surface area contributed by atoms with Gasteiger partial charge >= 0.3 is 0 Å². The first-order valence-corrected chi connectivity index (χ1v) is 7.85. The van der Waals surface area contributed by atoms with E-state index in [2.05, 4.69) is 21.2 Å². The monoisotopic (exact) mass is 398 g/mol. The van der Waals surface area contributed by atoms with Crippen molar-refractivity contribution in [1.29, 1.82) is 0 Å². The van der Waals surface area contributed by atoms with Gasteiger partial charge in [0, 0.05) is 30.0 Å².